The van der Waals surface area contributed by atoms with Crippen molar-refractivity contribution < 1.29 is 9.21 Å². The Morgan fingerprint density at radius 1 is 1.75 bits per heavy atom. The van der Waals surface area contributed by atoms with Gasteiger partial charge in [-0.25, -0.2) is 0 Å². The Balaban J connectivity index is 2.27. The first-order chi connectivity index (χ1) is 5.79. The summed E-state index contributed by atoms with van der Waals surface area (Å²) >= 11 is 0. The van der Waals surface area contributed by atoms with Gasteiger partial charge in [-0.2, -0.15) is 0 Å². The lowest BCUT2D eigenvalue weighted by Crippen LogP contribution is -2.19. The maximum absolute atomic E-state index is 10.4. The molecular weight excluding hydrogens is 154 g/mol. The van der Waals surface area contributed by atoms with Crippen LogP contribution >= 0.6 is 0 Å². The van der Waals surface area contributed by atoms with Crippen LogP contribution in [0.2, 0.25) is 0 Å². The molecule has 1 heterocycles. The number of hydrogen-bond acceptors (Lipinski definition) is 2. The second kappa shape index (κ2) is 4.38. The van der Waals surface area contributed by atoms with Gasteiger partial charge in [-0.15, -0.1) is 0 Å². The molecule has 0 fully saturated rings. The average molecular weight is 165 g/mol. The molecule has 1 N–H and O–H groups in total. The molecule has 0 saturated heterocycles. The van der Waals surface area contributed by atoms with Crippen LogP contribution in [-0.4, -0.2) is 12.5 Å². The number of rotatable bonds is 3. The van der Waals surface area contributed by atoms with E-state index in [1.165, 1.54) is 6.92 Å². The molecule has 0 aliphatic carbocycles. The summed E-state index contributed by atoms with van der Waals surface area (Å²) < 4.78 is 4.85. The Kier molecular flexibility index (Phi) is 3.14. The molecule has 1 rings (SSSR count). The van der Waals surface area contributed by atoms with Crippen molar-refractivity contribution in [1.29, 1.82) is 0 Å². The monoisotopic (exact) mass is 165 g/mol. The highest BCUT2D eigenvalue weighted by Crippen LogP contribution is 2.00. The van der Waals surface area contributed by atoms with E-state index in [-0.39, 0.29) is 5.91 Å². The van der Waals surface area contributed by atoms with E-state index in [0.29, 0.717) is 6.54 Å². The Morgan fingerprint density at radius 2 is 2.58 bits per heavy atom. The van der Waals surface area contributed by atoms with E-state index in [4.69, 9.17) is 4.42 Å². The largest absolute Gasteiger partial charge is 0.472 e. The maximum atomic E-state index is 10.4. The molecule has 0 spiro atoms. The van der Waals surface area contributed by atoms with Gasteiger partial charge in [0.25, 0.3) is 0 Å². The molecule has 3 nitrogen and oxygen atoms in total. The highest BCUT2D eigenvalue weighted by molar-refractivity contribution is 5.73. The molecular formula is C9H11NO2. The van der Waals surface area contributed by atoms with Crippen molar-refractivity contribution in [2.24, 2.45) is 0 Å². The van der Waals surface area contributed by atoms with Crippen molar-refractivity contribution in [3.63, 3.8) is 0 Å². The zero-order chi connectivity index (χ0) is 8.81. The van der Waals surface area contributed by atoms with E-state index in [1.54, 1.807) is 12.5 Å². The molecule has 0 aromatic carbocycles. The number of carbonyl (C=O) groups excluding carboxylic acids is 1. The van der Waals surface area contributed by atoms with E-state index in [2.05, 4.69) is 5.32 Å². The van der Waals surface area contributed by atoms with Crippen molar-refractivity contribution in [3.8, 4) is 0 Å². The third-order valence-electron chi connectivity index (χ3n) is 1.32. The Bertz CT molecular complexity index is 262. The van der Waals surface area contributed by atoms with Gasteiger partial charge in [0, 0.05) is 19.0 Å². The number of furan rings is 1. The Labute approximate surface area is 71.1 Å². The van der Waals surface area contributed by atoms with Crippen molar-refractivity contribution in [2.45, 2.75) is 6.92 Å². The van der Waals surface area contributed by atoms with Crippen molar-refractivity contribution in [2.75, 3.05) is 6.54 Å². The molecule has 3 heteroatoms. The van der Waals surface area contributed by atoms with E-state index in [1.807, 2.05) is 18.2 Å². The van der Waals surface area contributed by atoms with Gasteiger partial charge in [-0.05, 0) is 6.07 Å². The predicted octanol–water partition coefficient (Wildman–Crippen LogP) is 1.43. The second-order valence-corrected chi connectivity index (χ2v) is 2.40. The van der Waals surface area contributed by atoms with Gasteiger partial charge in [-0.3, -0.25) is 4.79 Å². The molecule has 12 heavy (non-hydrogen) atoms. The summed E-state index contributed by atoms with van der Waals surface area (Å²) in [6, 6.07) is 1.85. The minimum absolute atomic E-state index is 0.0214. The molecule has 1 aromatic heterocycles. The van der Waals surface area contributed by atoms with E-state index in [0.717, 1.165) is 5.56 Å². The molecule has 0 aliphatic rings. The Hall–Kier alpha value is -1.51. The molecule has 0 atom stereocenters. The fourth-order valence-corrected chi connectivity index (χ4v) is 0.767. The van der Waals surface area contributed by atoms with Crippen LogP contribution in [-0.2, 0) is 4.79 Å². The quantitative estimate of drug-likeness (QED) is 0.736. The number of carbonyl (C=O) groups is 1. The number of hydrogen-bond donors (Lipinski definition) is 1. The number of amides is 1. The lowest BCUT2D eigenvalue weighted by molar-refractivity contribution is -0.118. The van der Waals surface area contributed by atoms with Crippen LogP contribution < -0.4 is 5.32 Å². The highest BCUT2D eigenvalue weighted by atomic mass is 16.3. The van der Waals surface area contributed by atoms with E-state index >= 15 is 0 Å². The summed E-state index contributed by atoms with van der Waals surface area (Å²) in [4.78, 5) is 10.4. The molecule has 1 amide bonds. The standard InChI is InChI=1S/C9H11NO2/c1-8(11)10-5-2-3-9-4-6-12-7-9/h2-4,6-7H,5H2,1H3,(H,10,11). The normalized spacial score (nSPS) is 10.4. The summed E-state index contributed by atoms with van der Waals surface area (Å²) in [6.07, 6.45) is 7.01. The second-order valence-electron chi connectivity index (χ2n) is 2.40. The third kappa shape index (κ3) is 3.05. The van der Waals surface area contributed by atoms with Crippen LogP contribution in [0.25, 0.3) is 6.08 Å². The predicted molar refractivity (Wildman–Crippen MR) is 46.4 cm³/mol. The van der Waals surface area contributed by atoms with Crippen molar-refractivity contribution in [3.05, 3.63) is 30.2 Å². The SMILES string of the molecule is CC(=O)NCC=Cc1ccoc1. The molecule has 64 valence electrons. The van der Waals surface area contributed by atoms with Gasteiger partial charge in [0.2, 0.25) is 5.91 Å². The van der Waals surface area contributed by atoms with Gasteiger partial charge < -0.3 is 9.73 Å². The smallest absolute Gasteiger partial charge is 0.217 e. The molecule has 0 radical (unpaired) electrons. The summed E-state index contributed by atoms with van der Waals surface area (Å²) in [5.41, 5.74) is 1.00. The molecule has 0 aliphatic heterocycles. The van der Waals surface area contributed by atoms with Gasteiger partial charge in [-0.1, -0.05) is 12.2 Å². The topological polar surface area (TPSA) is 42.2 Å². The first kappa shape index (κ1) is 8.59. The summed E-state index contributed by atoms with van der Waals surface area (Å²) in [6.45, 7) is 2.05. The van der Waals surface area contributed by atoms with Gasteiger partial charge in [0.05, 0.1) is 12.5 Å². The van der Waals surface area contributed by atoms with Crippen LogP contribution in [0.4, 0.5) is 0 Å². The maximum Gasteiger partial charge on any atom is 0.217 e. The van der Waals surface area contributed by atoms with Crippen LogP contribution in [0, 0.1) is 0 Å². The fourth-order valence-electron chi connectivity index (χ4n) is 0.767. The summed E-state index contributed by atoms with van der Waals surface area (Å²) in [7, 11) is 0. The lowest BCUT2D eigenvalue weighted by Gasteiger charge is -1.92. The summed E-state index contributed by atoms with van der Waals surface area (Å²) in [5.74, 6) is -0.0214. The van der Waals surface area contributed by atoms with Crippen LogP contribution in [0.1, 0.15) is 12.5 Å². The van der Waals surface area contributed by atoms with Crippen LogP contribution in [0.15, 0.2) is 29.1 Å². The minimum Gasteiger partial charge on any atom is -0.472 e. The molecule has 0 bridgehead atoms. The third-order valence-corrected chi connectivity index (χ3v) is 1.32. The zero-order valence-corrected chi connectivity index (χ0v) is 6.91. The van der Waals surface area contributed by atoms with Gasteiger partial charge in [0.15, 0.2) is 0 Å². The van der Waals surface area contributed by atoms with Crippen LogP contribution in [0.5, 0.6) is 0 Å². The first-order valence-electron chi connectivity index (χ1n) is 3.72. The van der Waals surface area contributed by atoms with Crippen molar-refractivity contribution in [1.82, 2.24) is 5.32 Å². The van der Waals surface area contributed by atoms with Crippen molar-refractivity contribution >= 4 is 12.0 Å². The molecule has 0 saturated carbocycles. The minimum atomic E-state index is -0.0214. The Morgan fingerprint density at radius 3 is 3.17 bits per heavy atom. The summed E-state index contributed by atoms with van der Waals surface area (Å²) in [5, 5.41) is 2.65. The fraction of sp³-hybridized carbons (Fsp3) is 0.222. The number of nitrogens with one attached hydrogen (secondary N) is 1. The molecule has 0 unspecified atom stereocenters. The zero-order valence-electron chi connectivity index (χ0n) is 6.91. The first-order valence-corrected chi connectivity index (χ1v) is 3.72. The van der Waals surface area contributed by atoms with Gasteiger partial charge in [0.1, 0.15) is 0 Å². The highest BCUT2D eigenvalue weighted by Gasteiger charge is 1.87. The van der Waals surface area contributed by atoms with E-state index < -0.39 is 0 Å². The van der Waals surface area contributed by atoms with Crippen LogP contribution in [0.3, 0.4) is 0 Å². The van der Waals surface area contributed by atoms with Gasteiger partial charge >= 0.3 is 0 Å². The average Bonchev–Trinajstić information content (AvgIpc) is 2.49. The van der Waals surface area contributed by atoms with E-state index in [9.17, 15) is 4.79 Å². The molecule has 1 aromatic rings. The lowest BCUT2D eigenvalue weighted by atomic mass is 10.3.